The summed E-state index contributed by atoms with van der Waals surface area (Å²) < 4.78 is -0.419. The Morgan fingerprint density at radius 1 is 1.69 bits per heavy atom. The first kappa shape index (κ1) is 11.2. The van der Waals surface area contributed by atoms with Crippen molar-refractivity contribution in [3.05, 3.63) is 0 Å². The number of aliphatic carboxylic acids is 1. The van der Waals surface area contributed by atoms with Crippen LogP contribution in [-0.2, 0) is 4.79 Å². The number of carboxylic acid groups (broad SMARTS) is 1. The minimum Gasteiger partial charge on any atom is -0.480 e. The molecule has 1 rings (SSSR count). The standard InChI is InChI=1S/C8H15NO2S2/c1-8(12,13)5-9-4-2-3-6(9)7(10)11/h6,12-13H,2-5H2,1H3,(H,10,11). The summed E-state index contributed by atoms with van der Waals surface area (Å²) in [5.74, 6) is -0.733. The van der Waals surface area contributed by atoms with Gasteiger partial charge in [0.2, 0.25) is 0 Å². The third-order valence-electron chi connectivity index (χ3n) is 2.15. The quantitative estimate of drug-likeness (QED) is 0.494. The van der Waals surface area contributed by atoms with E-state index in [-0.39, 0.29) is 6.04 Å². The highest BCUT2D eigenvalue weighted by molar-refractivity contribution is 8.00. The lowest BCUT2D eigenvalue weighted by Gasteiger charge is -2.27. The molecule has 0 aromatic carbocycles. The lowest BCUT2D eigenvalue weighted by molar-refractivity contribution is -0.142. The topological polar surface area (TPSA) is 40.5 Å². The molecule has 0 aliphatic carbocycles. The largest absolute Gasteiger partial charge is 0.480 e. The van der Waals surface area contributed by atoms with Crippen molar-refractivity contribution in [1.29, 1.82) is 0 Å². The van der Waals surface area contributed by atoms with E-state index in [1.54, 1.807) is 0 Å². The Hall–Kier alpha value is 0.130. The number of hydrogen-bond donors (Lipinski definition) is 3. The van der Waals surface area contributed by atoms with Gasteiger partial charge >= 0.3 is 5.97 Å². The third kappa shape index (κ3) is 3.40. The summed E-state index contributed by atoms with van der Waals surface area (Å²) in [6, 6.07) is -0.335. The van der Waals surface area contributed by atoms with Crippen LogP contribution in [0.15, 0.2) is 0 Å². The van der Waals surface area contributed by atoms with Crippen LogP contribution < -0.4 is 0 Å². The number of carbonyl (C=O) groups is 1. The first-order valence-corrected chi connectivity index (χ1v) is 5.21. The van der Waals surface area contributed by atoms with Gasteiger partial charge in [-0.25, -0.2) is 0 Å². The van der Waals surface area contributed by atoms with Gasteiger partial charge in [-0.3, -0.25) is 9.69 Å². The molecule has 0 aromatic rings. The molecule has 0 radical (unpaired) electrons. The Morgan fingerprint density at radius 2 is 2.31 bits per heavy atom. The molecule has 1 aliphatic heterocycles. The molecule has 0 aromatic heterocycles. The number of likely N-dealkylation sites (tertiary alicyclic amines) is 1. The van der Waals surface area contributed by atoms with Crippen LogP contribution in [0.1, 0.15) is 19.8 Å². The zero-order valence-electron chi connectivity index (χ0n) is 7.60. The number of hydrogen-bond acceptors (Lipinski definition) is 4. The van der Waals surface area contributed by atoms with Crippen LogP contribution in [0, 0.1) is 0 Å². The molecule has 0 amide bonds. The lowest BCUT2D eigenvalue weighted by atomic mass is 10.2. The van der Waals surface area contributed by atoms with Crippen LogP contribution in [0.25, 0.3) is 0 Å². The van der Waals surface area contributed by atoms with Crippen LogP contribution in [0.3, 0.4) is 0 Å². The summed E-state index contributed by atoms with van der Waals surface area (Å²) in [6.07, 6.45) is 1.70. The summed E-state index contributed by atoms with van der Waals surface area (Å²) in [5, 5.41) is 8.89. The fourth-order valence-electron chi connectivity index (χ4n) is 1.68. The molecule has 0 bridgehead atoms. The molecule has 1 saturated heterocycles. The zero-order chi connectivity index (χ0) is 10.1. The molecular formula is C8H15NO2S2. The summed E-state index contributed by atoms with van der Waals surface area (Å²) >= 11 is 8.54. The predicted octanol–water partition coefficient (Wildman–Crippen LogP) is 1.11. The van der Waals surface area contributed by atoms with Gasteiger partial charge in [-0.1, -0.05) is 0 Å². The van der Waals surface area contributed by atoms with Crippen molar-refractivity contribution >= 4 is 31.2 Å². The normalized spacial score (nSPS) is 25.0. The lowest BCUT2D eigenvalue weighted by Crippen LogP contribution is -2.41. The number of nitrogens with zero attached hydrogens (tertiary/aromatic N) is 1. The number of rotatable bonds is 3. The fourth-order valence-corrected chi connectivity index (χ4v) is 2.04. The van der Waals surface area contributed by atoms with Gasteiger partial charge in [0.05, 0.1) is 4.08 Å². The Bertz CT molecular complexity index is 203. The number of thiol groups is 2. The third-order valence-corrected chi connectivity index (χ3v) is 2.43. The Morgan fingerprint density at radius 3 is 2.77 bits per heavy atom. The van der Waals surface area contributed by atoms with E-state index in [4.69, 9.17) is 5.11 Å². The van der Waals surface area contributed by atoms with Gasteiger partial charge in [-0.2, -0.15) is 25.3 Å². The van der Waals surface area contributed by atoms with Crippen molar-refractivity contribution in [2.75, 3.05) is 13.1 Å². The van der Waals surface area contributed by atoms with Gasteiger partial charge in [0.1, 0.15) is 6.04 Å². The first-order valence-electron chi connectivity index (χ1n) is 4.32. The molecule has 3 nitrogen and oxygen atoms in total. The van der Waals surface area contributed by atoms with E-state index in [0.717, 1.165) is 19.4 Å². The molecular weight excluding hydrogens is 206 g/mol. The monoisotopic (exact) mass is 221 g/mol. The summed E-state index contributed by atoms with van der Waals surface area (Å²) in [5.41, 5.74) is 0. The van der Waals surface area contributed by atoms with Gasteiger partial charge in [0.25, 0.3) is 0 Å². The van der Waals surface area contributed by atoms with Gasteiger partial charge in [0.15, 0.2) is 0 Å². The predicted molar refractivity (Wildman–Crippen MR) is 58.6 cm³/mol. The van der Waals surface area contributed by atoms with E-state index in [2.05, 4.69) is 25.3 Å². The van der Waals surface area contributed by atoms with E-state index in [1.165, 1.54) is 0 Å². The highest BCUT2D eigenvalue weighted by atomic mass is 32.2. The highest BCUT2D eigenvalue weighted by Crippen LogP contribution is 2.25. The summed E-state index contributed by atoms with van der Waals surface area (Å²) in [7, 11) is 0. The molecule has 1 aliphatic rings. The van der Waals surface area contributed by atoms with Gasteiger partial charge in [-0.15, -0.1) is 0 Å². The Labute approximate surface area is 89.3 Å². The average molecular weight is 221 g/mol. The van der Waals surface area contributed by atoms with Crippen LogP contribution in [-0.4, -0.2) is 39.2 Å². The maximum atomic E-state index is 10.8. The minimum absolute atomic E-state index is 0.335. The van der Waals surface area contributed by atoms with Crippen molar-refractivity contribution in [2.24, 2.45) is 0 Å². The minimum atomic E-state index is -0.733. The van der Waals surface area contributed by atoms with E-state index >= 15 is 0 Å². The van der Waals surface area contributed by atoms with Crippen molar-refractivity contribution < 1.29 is 9.90 Å². The molecule has 13 heavy (non-hydrogen) atoms. The second kappa shape index (κ2) is 4.11. The molecule has 5 heteroatoms. The van der Waals surface area contributed by atoms with Crippen molar-refractivity contribution in [3.63, 3.8) is 0 Å². The molecule has 1 N–H and O–H groups in total. The Balaban J connectivity index is 2.54. The van der Waals surface area contributed by atoms with E-state index in [0.29, 0.717) is 6.54 Å². The average Bonchev–Trinajstić information content (AvgIpc) is 2.31. The van der Waals surface area contributed by atoms with Crippen molar-refractivity contribution in [2.45, 2.75) is 29.9 Å². The van der Waals surface area contributed by atoms with Gasteiger partial charge in [-0.05, 0) is 26.3 Å². The van der Waals surface area contributed by atoms with Crippen LogP contribution in [0.2, 0.25) is 0 Å². The zero-order valence-corrected chi connectivity index (χ0v) is 9.39. The SMILES string of the molecule is CC(S)(S)CN1CCCC1C(=O)O. The van der Waals surface area contributed by atoms with Crippen molar-refractivity contribution in [1.82, 2.24) is 4.90 Å². The van der Waals surface area contributed by atoms with E-state index < -0.39 is 10.0 Å². The molecule has 1 heterocycles. The summed E-state index contributed by atoms with van der Waals surface area (Å²) in [6.45, 7) is 3.32. The fraction of sp³-hybridized carbons (Fsp3) is 0.875. The van der Waals surface area contributed by atoms with Crippen LogP contribution in [0.4, 0.5) is 0 Å². The smallest absolute Gasteiger partial charge is 0.320 e. The van der Waals surface area contributed by atoms with Crippen LogP contribution >= 0.6 is 25.3 Å². The molecule has 0 saturated carbocycles. The molecule has 0 spiro atoms. The second-order valence-electron chi connectivity index (χ2n) is 3.68. The van der Waals surface area contributed by atoms with E-state index in [9.17, 15) is 4.79 Å². The highest BCUT2D eigenvalue weighted by Gasteiger charge is 2.33. The first-order chi connectivity index (χ1) is 5.90. The molecule has 1 unspecified atom stereocenters. The molecule has 76 valence electrons. The van der Waals surface area contributed by atoms with Gasteiger partial charge in [0, 0.05) is 6.54 Å². The Kier molecular flexibility index (Phi) is 3.54. The van der Waals surface area contributed by atoms with E-state index in [1.807, 2.05) is 11.8 Å². The van der Waals surface area contributed by atoms with Crippen molar-refractivity contribution in [3.8, 4) is 0 Å². The maximum Gasteiger partial charge on any atom is 0.320 e. The second-order valence-corrected chi connectivity index (χ2v) is 6.01. The summed E-state index contributed by atoms with van der Waals surface area (Å²) in [4.78, 5) is 12.7. The maximum absolute atomic E-state index is 10.8. The molecule has 1 atom stereocenters. The van der Waals surface area contributed by atoms with Gasteiger partial charge < -0.3 is 5.11 Å². The molecule has 1 fully saturated rings. The van der Waals surface area contributed by atoms with Crippen LogP contribution in [0.5, 0.6) is 0 Å². The number of carboxylic acids is 1.